The van der Waals surface area contributed by atoms with Crippen LogP contribution in [0, 0.1) is 0 Å². The predicted molar refractivity (Wildman–Crippen MR) is 82.1 cm³/mol. The Hall–Kier alpha value is -2.57. The number of carbonyl (C=O) groups excluding carboxylic acids is 3. The molecule has 0 spiro atoms. The minimum Gasteiger partial charge on any atom is -0.490 e. The number of benzene rings is 1. The Kier molecular flexibility index (Phi) is 5.20. The van der Waals surface area contributed by atoms with Gasteiger partial charge < -0.3 is 14.2 Å². The Morgan fingerprint density at radius 2 is 2.17 bits per heavy atom. The maximum atomic E-state index is 12.3. The molecule has 7 nitrogen and oxygen atoms in total. The van der Waals surface area contributed by atoms with Crippen molar-refractivity contribution in [1.82, 2.24) is 0 Å². The first kappa shape index (κ1) is 16.8. The largest absolute Gasteiger partial charge is 0.490 e. The summed E-state index contributed by atoms with van der Waals surface area (Å²) in [5, 5.41) is 0. The Morgan fingerprint density at radius 3 is 2.74 bits per heavy atom. The topological polar surface area (TPSA) is 82.1 Å². The van der Waals surface area contributed by atoms with E-state index in [4.69, 9.17) is 14.2 Å². The van der Waals surface area contributed by atoms with E-state index in [0.29, 0.717) is 42.1 Å². The molecule has 0 saturated carbocycles. The van der Waals surface area contributed by atoms with E-state index >= 15 is 0 Å². The molecule has 2 rings (SSSR count). The molecule has 1 aromatic carbocycles. The van der Waals surface area contributed by atoms with Crippen molar-refractivity contribution >= 4 is 23.9 Å². The molecule has 1 atom stereocenters. The van der Waals surface area contributed by atoms with E-state index in [9.17, 15) is 14.4 Å². The number of hydrogen-bond acceptors (Lipinski definition) is 6. The van der Waals surface area contributed by atoms with Gasteiger partial charge in [0, 0.05) is 5.56 Å². The fourth-order valence-corrected chi connectivity index (χ4v) is 2.53. The summed E-state index contributed by atoms with van der Waals surface area (Å²) in [6.45, 7) is 3.74. The highest BCUT2D eigenvalue weighted by Crippen LogP contribution is 2.42. The van der Waals surface area contributed by atoms with Gasteiger partial charge in [0.25, 0.3) is 5.91 Å². The van der Waals surface area contributed by atoms with E-state index in [-0.39, 0.29) is 12.5 Å². The van der Waals surface area contributed by atoms with Gasteiger partial charge in [0.2, 0.25) is 0 Å². The molecule has 1 aliphatic heterocycles. The average molecular weight is 321 g/mol. The van der Waals surface area contributed by atoms with Gasteiger partial charge in [-0.15, -0.1) is 0 Å². The second-order valence-corrected chi connectivity index (χ2v) is 4.92. The molecule has 7 heteroatoms. The van der Waals surface area contributed by atoms with E-state index in [0.717, 1.165) is 0 Å². The van der Waals surface area contributed by atoms with Crippen molar-refractivity contribution in [2.24, 2.45) is 0 Å². The van der Waals surface area contributed by atoms with Crippen LogP contribution in [0.5, 0.6) is 11.5 Å². The number of hydrogen-bond donors (Lipinski definition) is 0. The molecule has 23 heavy (non-hydrogen) atoms. The first-order chi connectivity index (χ1) is 11.1. The van der Waals surface area contributed by atoms with Crippen molar-refractivity contribution in [2.45, 2.75) is 26.3 Å². The van der Waals surface area contributed by atoms with Gasteiger partial charge in [-0.2, -0.15) is 0 Å². The second-order valence-electron chi connectivity index (χ2n) is 4.92. The summed E-state index contributed by atoms with van der Waals surface area (Å²) in [5.74, 6) is -0.188. The zero-order valence-corrected chi connectivity index (χ0v) is 13.3. The van der Waals surface area contributed by atoms with Crippen molar-refractivity contribution in [3.05, 3.63) is 17.7 Å². The first-order valence-electron chi connectivity index (χ1n) is 7.36. The normalized spacial score (nSPS) is 14.6. The SMILES string of the molecule is CCOc1cc(C=O)cc2c1OCC(=O)N2C(CC)C(=O)OC. The standard InChI is InChI=1S/C16H19NO6/c1-4-11(16(20)21-3)17-12-6-10(8-18)7-13(22-5-2)15(12)23-9-14(17)19/h6-8,11H,4-5,9H2,1-3H3. The summed E-state index contributed by atoms with van der Waals surface area (Å²) in [6, 6.07) is 2.27. The van der Waals surface area contributed by atoms with E-state index < -0.39 is 12.0 Å². The van der Waals surface area contributed by atoms with Crippen LogP contribution in [-0.4, -0.2) is 44.5 Å². The quantitative estimate of drug-likeness (QED) is 0.584. The third-order valence-corrected chi connectivity index (χ3v) is 3.53. The summed E-state index contributed by atoms with van der Waals surface area (Å²) in [6.07, 6.45) is 1.02. The van der Waals surface area contributed by atoms with Crippen LogP contribution in [-0.2, 0) is 14.3 Å². The molecule has 1 aliphatic rings. The van der Waals surface area contributed by atoms with Crippen LogP contribution in [0.15, 0.2) is 12.1 Å². The molecule has 1 aromatic rings. The van der Waals surface area contributed by atoms with Crippen molar-refractivity contribution in [3.63, 3.8) is 0 Å². The minimum absolute atomic E-state index is 0.207. The fraction of sp³-hybridized carbons (Fsp3) is 0.438. The smallest absolute Gasteiger partial charge is 0.328 e. The van der Waals surface area contributed by atoms with Gasteiger partial charge in [0.15, 0.2) is 18.1 Å². The number of carbonyl (C=O) groups is 3. The minimum atomic E-state index is -0.786. The highest BCUT2D eigenvalue weighted by molar-refractivity contribution is 6.04. The van der Waals surface area contributed by atoms with Crippen LogP contribution >= 0.6 is 0 Å². The summed E-state index contributed by atoms with van der Waals surface area (Å²) in [4.78, 5) is 36.8. The summed E-state index contributed by atoms with van der Waals surface area (Å²) in [5.41, 5.74) is 0.668. The van der Waals surface area contributed by atoms with Crippen molar-refractivity contribution < 1.29 is 28.6 Å². The number of aldehydes is 1. The summed E-state index contributed by atoms with van der Waals surface area (Å²) < 4.78 is 15.7. The van der Waals surface area contributed by atoms with Crippen LogP contribution in [0.4, 0.5) is 5.69 Å². The van der Waals surface area contributed by atoms with E-state index in [1.54, 1.807) is 19.9 Å². The lowest BCUT2D eigenvalue weighted by Crippen LogP contribution is -2.49. The lowest BCUT2D eigenvalue weighted by Gasteiger charge is -2.34. The van der Waals surface area contributed by atoms with Gasteiger partial charge >= 0.3 is 5.97 Å². The van der Waals surface area contributed by atoms with Crippen molar-refractivity contribution in [1.29, 1.82) is 0 Å². The van der Waals surface area contributed by atoms with Crippen LogP contribution in [0.3, 0.4) is 0 Å². The third kappa shape index (κ3) is 3.13. The lowest BCUT2D eigenvalue weighted by atomic mass is 10.1. The van der Waals surface area contributed by atoms with Gasteiger partial charge in [-0.25, -0.2) is 4.79 Å². The molecular formula is C16H19NO6. The number of ether oxygens (including phenoxy) is 3. The molecule has 0 N–H and O–H groups in total. The van der Waals surface area contributed by atoms with Gasteiger partial charge in [-0.05, 0) is 25.5 Å². The Morgan fingerprint density at radius 1 is 1.43 bits per heavy atom. The molecule has 0 radical (unpaired) electrons. The Labute approximate surface area is 134 Å². The predicted octanol–water partition coefficient (Wildman–Crippen LogP) is 1.57. The molecule has 124 valence electrons. The average Bonchev–Trinajstić information content (AvgIpc) is 2.56. The fourth-order valence-electron chi connectivity index (χ4n) is 2.53. The maximum absolute atomic E-state index is 12.3. The molecule has 1 heterocycles. The highest BCUT2D eigenvalue weighted by Gasteiger charge is 2.37. The van der Waals surface area contributed by atoms with E-state index in [2.05, 4.69) is 0 Å². The zero-order valence-electron chi connectivity index (χ0n) is 13.3. The molecule has 1 amide bonds. The molecule has 0 fully saturated rings. The van der Waals surface area contributed by atoms with Crippen LogP contribution in [0.1, 0.15) is 30.6 Å². The van der Waals surface area contributed by atoms with Gasteiger partial charge in [-0.3, -0.25) is 14.5 Å². The van der Waals surface area contributed by atoms with Crippen molar-refractivity contribution in [3.8, 4) is 11.5 Å². The molecule has 0 aromatic heterocycles. The zero-order chi connectivity index (χ0) is 17.0. The molecular weight excluding hydrogens is 302 g/mol. The van der Waals surface area contributed by atoms with Crippen LogP contribution in [0.25, 0.3) is 0 Å². The summed E-state index contributed by atoms with van der Waals surface area (Å²) in [7, 11) is 1.27. The monoisotopic (exact) mass is 321 g/mol. The van der Waals surface area contributed by atoms with Gasteiger partial charge in [0.1, 0.15) is 12.3 Å². The van der Waals surface area contributed by atoms with E-state index in [1.807, 2.05) is 0 Å². The second kappa shape index (κ2) is 7.13. The van der Waals surface area contributed by atoms with E-state index in [1.165, 1.54) is 18.1 Å². The van der Waals surface area contributed by atoms with Crippen LogP contribution in [0.2, 0.25) is 0 Å². The number of anilines is 1. The third-order valence-electron chi connectivity index (χ3n) is 3.53. The molecule has 0 aliphatic carbocycles. The van der Waals surface area contributed by atoms with Gasteiger partial charge in [-0.1, -0.05) is 6.92 Å². The number of amides is 1. The van der Waals surface area contributed by atoms with Gasteiger partial charge in [0.05, 0.1) is 19.4 Å². The maximum Gasteiger partial charge on any atom is 0.328 e. The number of esters is 1. The van der Waals surface area contributed by atoms with Crippen LogP contribution < -0.4 is 14.4 Å². The number of methoxy groups -OCH3 is 1. The number of rotatable bonds is 6. The van der Waals surface area contributed by atoms with Crippen molar-refractivity contribution in [2.75, 3.05) is 25.2 Å². The summed E-state index contributed by atoms with van der Waals surface area (Å²) >= 11 is 0. The lowest BCUT2D eigenvalue weighted by molar-refractivity contribution is -0.144. The first-order valence-corrected chi connectivity index (χ1v) is 7.36. The molecule has 0 bridgehead atoms. The number of fused-ring (bicyclic) bond motifs is 1. The highest BCUT2D eigenvalue weighted by atomic mass is 16.5. The Balaban J connectivity index is 2.59. The molecule has 1 unspecified atom stereocenters. The number of nitrogens with zero attached hydrogens (tertiary/aromatic N) is 1. The molecule has 0 saturated heterocycles. The Bertz CT molecular complexity index is 627.